The van der Waals surface area contributed by atoms with E-state index in [1.807, 2.05) is 37.2 Å². The van der Waals surface area contributed by atoms with E-state index in [4.69, 9.17) is 15.7 Å². The number of nitrogens with two attached hydrogens (primary N) is 1. The predicted molar refractivity (Wildman–Crippen MR) is 107 cm³/mol. The van der Waals surface area contributed by atoms with Gasteiger partial charge in [0.25, 0.3) is 5.91 Å². The van der Waals surface area contributed by atoms with Gasteiger partial charge in [-0.05, 0) is 30.7 Å². The summed E-state index contributed by atoms with van der Waals surface area (Å²) in [6, 6.07) is 8.98. The number of hydrogen-bond acceptors (Lipinski definition) is 7. The van der Waals surface area contributed by atoms with Crippen molar-refractivity contribution < 1.29 is 4.79 Å². The number of rotatable bonds is 3. The minimum atomic E-state index is -0.0810. The highest BCUT2D eigenvalue weighted by Crippen LogP contribution is 2.28. The Labute approximate surface area is 163 Å². The molecule has 0 bridgehead atoms. The molecule has 0 atom stereocenters. The van der Waals surface area contributed by atoms with Crippen molar-refractivity contribution in [2.24, 2.45) is 0 Å². The van der Waals surface area contributed by atoms with E-state index in [1.54, 1.807) is 23.2 Å². The lowest BCUT2D eigenvalue weighted by Crippen LogP contribution is -2.37. The molecule has 4 heterocycles. The van der Waals surface area contributed by atoms with E-state index < -0.39 is 0 Å². The van der Waals surface area contributed by atoms with Crippen LogP contribution in [0.4, 0.5) is 11.6 Å². The van der Waals surface area contributed by atoms with Gasteiger partial charge in [0, 0.05) is 38.6 Å². The Hall–Kier alpha value is -3.55. The summed E-state index contributed by atoms with van der Waals surface area (Å²) in [4.78, 5) is 34.5. The number of nitrogen functional groups attached to an aromatic ring is 1. The van der Waals surface area contributed by atoms with Crippen LogP contribution in [0.2, 0.25) is 0 Å². The van der Waals surface area contributed by atoms with Crippen molar-refractivity contribution in [3.63, 3.8) is 0 Å². The zero-order valence-electron chi connectivity index (χ0n) is 15.8. The van der Waals surface area contributed by atoms with Gasteiger partial charge in [-0.25, -0.2) is 15.0 Å². The van der Waals surface area contributed by atoms with Gasteiger partial charge < -0.3 is 15.5 Å². The summed E-state index contributed by atoms with van der Waals surface area (Å²) in [6.07, 6.45) is 3.93. The molecule has 0 aromatic carbocycles. The molecule has 4 rings (SSSR count). The number of amides is 1. The smallest absolute Gasteiger partial charge is 0.255 e. The van der Waals surface area contributed by atoms with E-state index in [0.717, 1.165) is 17.1 Å². The average molecular weight is 375 g/mol. The van der Waals surface area contributed by atoms with Crippen LogP contribution in [0, 0.1) is 0 Å². The first-order chi connectivity index (χ1) is 13.5. The van der Waals surface area contributed by atoms with Gasteiger partial charge in [-0.2, -0.15) is 0 Å². The molecule has 2 N–H and O–H groups in total. The van der Waals surface area contributed by atoms with Gasteiger partial charge in [0.1, 0.15) is 17.3 Å². The molecule has 8 nitrogen and oxygen atoms in total. The predicted octanol–water partition coefficient (Wildman–Crippen LogP) is 1.78. The number of carbonyl (C=O) groups excluding carboxylic acids is 1. The fourth-order valence-electron chi connectivity index (χ4n) is 3.28. The second-order valence-corrected chi connectivity index (χ2v) is 6.85. The number of fused-ring (bicyclic) bond motifs is 1. The Morgan fingerprint density at radius 1 is 1.14 bits per heavy atom. The van der Waals surface area contributed by atoms with Gasteiger partial charge in [-0.3, -0.25) is 9.78 Å². The lowest BCUT2D eigenvalue weighted by atomic mass is 10.0. The molecule has 8 heteroatoms. The molecule has 0 unspecified atom stereocenters. The third-order valence-electron chi connectivity index (χ3n) is 4.68. The zero-order chi connectivity index (χ0) is 19.7. The molecule has 142 valence electrons. The van der Waals surface area contributed by atoms with E-state index in [1.165, 1.54) is 6.20 Å². The van der Waals surface area contributed by atoms with E-state index in [2.05, 4.69) is 9.97 Å². The fourth-order valence-corrected chi connectivity index (χ4v) is 3.28. The van der Waals surface area contributed by atoms with Crippen LogP contribution in [0.25, 0.3) is 11.5 Å². The van der Waals surface area contributed by atoms with Crippen LogP contribution in [0.3, 0.4) is 0 Å². The van der Waals surface area contributed by atoms with Gasteiger partial charge in [-0.15, -0.1) is 0 Å². The zero-order valence-corrected chi connectivity index (χ0v) is 15.8. The lowest BCUT2D eigenvalue weighted by molar-refractivity contribution is 0.0731. The Morgan fingerprint density at radius 2 is 2.00 bits per heavy atom. The standard InChI is InChI=1S/C20H21N7O/c1-26(2)19-14-8-10-27(20(28)13-6-7-17(21)23-11-13)12-16(14)24-18(25-19)15-5-3-4-9-22-15/h3-7,9,11H,8,10,12H2,1-2H3,(H2,21,23). The van der Waals surface area contributed by atoms with Crippen molar-refractivity contribution in [2.45, 2.75) is 13.0 Å². The third-order valence-corrected chi connectivity index (χ3v) is 4.68. The molecule has 3 aromatic rings. The van der Waals surface area contributed by atoms with Crippen LogP contribution in [-0.2, 0) is 13.0 Å². The number of nitrogens with zero attached hydrogens (tertiary/aromatic N) is 6. The molecule has 0 radical (unpaired) electrons. The van der Waals surface area contributed by atoms with Crippen LogP contribution in [0.1, 0.15) is 21.6 Å². The highest BCUT2D eigenvalue weighted by molar-refractivity contribution is 5.94. The van der Waals surface area contributed by atoms with Crippen LogP contribution in [0.15, 0.2) is 42.7 Å². The Bertz CT molecular complexity index is 1000. The molecule has 1 amide bonds. The molecule has 3 aromatic heterocycles. The Kier molecular flexibility index (Phi) is 4.60. The molecule has 0 aliphatic carbocycles. The molecule has 0 fully saturated rings. The van der Waals surface area contributed by atoms with E-state index in [0.29, 0.717) is 42.4 Å². The number of hydrogen-bond donors (Lipinski definition) is 1. The molecule has 1 aliphatic heterocycles. The number of pyridine rings is 2. The summed E-state index contributed by atoms with van der Waals surface area (Å²) >= 11 is 0. The normalized spacial score (nSPS) is 13.1. The minimum Gasteiger partial charge on any atom is -0.384 e. The van der Waals surface area contributed by atoms with Crippen molar-refractivity contribution in [3.05, 3.63) is 59.5 Å². The highest BCUT2D eigenvalue weighted by Gasteiger charge is 2.27. The van der Waals surface area contributed by atoms with Gasteiger partial charge in [-0.1, -0.05) is 6.07 Å². The highest BCUT2D eigenvalue weighted by atomic mass is 16.2. The van der Waals surface area contributed by atoms with Crippen molar-refractivity contribution in [3.8, 4) is 11.5 Å². The van der Waals surface area contributed by atoms with Crippen LogP contribution in [-0.4, -0.2) is 51.4 Å². The summed E-state index contributed by atoms with van der Waals surface area (Å²) in [6.45, 7) is 1.02. The maximum absolute atomic E-state index is 12.9. The monoisotopic (exact) mass is 375 g/mol. The SMILES string of the molecule is CN(C)c1nc(-c2ccccn2)nc2c1CCN(C(=O)c1ccc(N)nc1)C2. The topological polar surface area (TPSA) is 101 Å². The maximum atomic E-state index is 12.9. The number of carbonyl (C=O) groups is 1. The van der Waals surface area contributed by atoms with Crippen molar-refractivity contribution >= 4 is 17.5 Å². The van der Waals surface area contributed by atoms with Crippen molar-refractivity contribution in [2.75, 3.05) is 31.3 Å². The lowest BCUT2D eigenvalue weighted by Gasteiger charge is -2.30. The molecule has 1 aliphatic rings. The first-order valence-electron chi connectivity index (χ1n) is 9.02. The van der Waals surface area contributed by atoms with Gasteiger partial charge in [0.05, 0.1) is 17.8 Å². The van der Waals surface area contributed by atoms with E-state index in [-0.39, 0.29) is 5.91 Å². The first-order valence-corrected chi connectivity index (χ1v) is 9.02. The van der Waals surface area contributed by atoms with Crippen LogP contribution >= 0.6 is 0 Å². The summed E-state index contributed by atoms with van der Waals surface area (Å²) in [5.41, 5.74) is 8.77. The molecule has 28 heavy (non-hydrogen) atoms. The van der Waals surface area contributed by atoms with Crippen molar-refractivity contribution in [1.82, 2.24) is 24.8 Å². The average Bonchev–Trinajstić information content (AvgIpc) is 2.73. The van der Waals surface area contributed by atoms with Gasteiger partial charge >= 0.3 is 0 Å². The molecule has 0 saturated carbocycles. The quantitative estimate of drug-likeness (QED) is 0.744. The van der Waals surface area contributed by atoms with Crippen LogP contribution < -0.4 is 10.6 Å². The fraction of sp³-hybridized carbons (Fsp3) is 0.250. The third kappa shape index (κ3) is 3.36. The van der Waals surface area contributed by atoms with Gasteiger partial charge in [0.15, 0.2) is 5.82 Å². The minimum absolute atomic E-state index is 0.0810. The van der Waals surface area contributed by atoms with E-state index in [9.17, 15) is 4.79 Å². The van der Waals surface area contributed by atoms with Crippen LogP contribution in [0.5, 0.6) is 0 Å². The largest absolute Gasteiger partial charge is 0.384 e. The number of aromatic nitrogens is 4. The first kappa shape index (κ1) is 17.8. The number of anilines is 2. The summed E-state index contributed by atoms with van der Waals surface area (Å²) in [5, 5.41) is 0. The molecule has 0 saturated heterocycles. The maximum Gasteiger partial charge on any atom is 0.255 e. The van der Waals surface area contributed by atoms with E-state index >= 15 is 0 Å². The van der Waals surface area contributed by atoms with Gasteiger partial charge in [0.2, 0.25) is 0 Å². The Balaban J connectivity index is 1.69. The summed E-state index contributed by atoms with van der Waals surface area (Å²) in [7, 11) is 3.92. The summed E-state index contributed by atoms with van der Waals surface area (Å²) in [5.74, 6) is 1.74. The second-order valence-electron chi connectivity index (χ2n) is 6.85. The molecular weight excluding hydrogens is 354 g/mol. The second kappa shape index (κ2) is 7.22. The van der Waals surface area contributed by atoms with Crippen molar-refractivity contribution in [1.29, 1.82) is 0 Å². The summed E-state index contributed by atoms with van der Waals surface area (Å²) < 4.78 is 0. The molecule has 0 spiro atoms. The Morgan fingerprint density at radius 3 is 2.68 bits per heavy atom. The molecular formula is C20H21N7O.